The van der Waals surface area contributed by atoms with E-state index < -0.39 is 20.0 Å². The first kappa shape index (κ1) is 80.5. The Morgan fingerprint density at radius 2 is 0.671 bits per heavy atom. The van der Waals surface area contributed by atoms with Crippen molar-refractivity contribution in [2.24, 2.45) is 0 Å². The molecule has 3 N–H and O–H groups in total. The molecule has 0 saturated carbocycles. The highest BCUT2D eigenvalue weighted by atomic mass is 31.2. The number of hydrogen-bond donors (Lipinski definition) is 3. The molecule has 3 unspecified atom stereocenters. The summed E-state index contributed by atoms with van der Waals surface area (Å²) in [5, 5.41) is 14.0. The molecule has 1 amide bonds. The molecule has 0 rings (SSSR count). The van der Waals surface area contributed by atoms with Crippen LogP contribution in [0.2, 0.25) is 0 Å². The van der Waals surface area contributed by atoms with Crippen LogP contribution in [0.3, 0.4) is 0 Å². The molecule has 0 radical (unpaired) electrons. The Morgan fingerprint density at radius 1 is 0.402 bits per heavy atom. The van der Waals surface area contributed by atoms with E-state index >= 15 is 0 Å². The van der Waals surface area contributed by atoms with E-state index in [9.17, 15) is 19.4 Å². The van der Waals surface area contributed by atoms with Gasteiger partial charge in [0.05, 0.1) is 39.9 Å². The maximum absolute atomic E-state index is 13.1. The quantitative estimate of drug-likeness (QED) is 0.0243. The normalized spacial score (nSPS) is 13.9. The van der Waals surface area contributed by atoms with E-state index in [1.165, 1.54) is 295 Å². The van der Waals surface area contributed by atoms with Crippen molar-refractivity contribution in [3.8, 4) is 0 Å². The lowest BCUT2D eigenvalue weighted by atomic mass is 10.0. The van der Waals surface area contributed by atoms with Gasteiger partial charge < -0.3 is 19.8 Å². The molecule has 0 aliphatic heterocycles. The van der Waals surface area contributed by atoms with Crippen LogP contribution in [0.5, 0.6) is 0 Å². The SMILES string of the molecule is CCCCCCCCCC/C=C\CCCCCCCCCCCCCCCCCCCCCCCC(=O)NC(COP(=O)(O)OCC[N+](C)(C)C)C(O)/C=C/CC/C=C/CC/C=C/CCCCCCCCCCCCCCCCCCC. The summed E-state index contributed by atoms with van der Waals surface area (Å²) in [5.74, 6) is -0.184. The van der Waals surface area contributed by atoms with Gasteiger partial charge in [0, 0.05) is 6.42 Å². The van der Waals surface area contributed by atoms with Crippen LogP contribution in [0.15, 0.2) is 48.6 Å². The van der Waals surface area contributed by atoms with Gasteiger partial charge in [-0.2, -0.15) is 0 Å². The highest BCUT2D eigenvalue weighted by Crippen LogP contribution is 2.43. The number of nitrogens with zero attached hydrogens (tertiary/aromatic N) is 1. The number of quaternary nitrogens is 1. The van der Waals surface area contributed by atoms with Crippen molar-refractivity contribution in [3.05, 3.63) is 48.6 Å². The minimum Gasteiger partial charge on any atom is -0.387 e. The number of allylic oxidation sites excluding steroid dienone is 7. The molecule has 0 bridgehead atoms. The van der Waals surface area contributed by atoms with Gasteiger partial charge in [-0.15, -0.1) is 0 Å². The molecule has 0 aromatic rings. The second-order valence-electron chi connectivity index (χ2n) is 25.9. The predicted octanol–water partition coefficient (Wildman–Crippen LogP) is 23.0. The van der Waals surface area contributed by atoms with E-state index in [2.05, 4.69) is 55.6 Å². The third-order valence-corrected chi connectivity index (χ3v) is 17.5. The first-order valence-corrected chi connectivity index (χ1v) is 37.5. The number of amides is 1. The largest absolute Gasteiger partial charge is 0.472 e. The minimum atomic E-state index is -4.37. The van der Waals surface area contributed by atoms with Crippen LogP contribution in [0.4, 0.5) is 0 Å². The smallest absolute Gasteiger partial charge is 0.387 e. The van der Waals surface area contributed by atoms with E-state index in [4.69, 9.17) is 9.05 Å². The van der Waals surface area contributed by atoms with E-state index in [1.54, 1.807) is 6.08 Å². The predicted molar refractivity (Wildman–Crippen MR) is 360 cm³/mol. The topological polar surface area (TPSA) is 105 Å². The number of rotatable bonds is 67. The fourth-order valence-corrected chi connectivity index (χ4v) is 11.6. The monoisotopic (exact) mass is 1170 g/mol. The number of aliphatic hydroxyl groups is 1. The van der Waals surface area contributed by atoms with Gasteiger partial charge in [0.2, 0.25) is 5.91 Å². The molecule has 0 aromatic carbocycles. The lowest BCUT2D eigenvalue weighted by Gasteiger charge is -2.25. The maximum atomic E-state index is 13.1. The highest BCUT2D eigenvalue weighted by molar-refractivity contribution is 7.47. The van der Waals surface area contributed by atoms with Crippen molar-refractivity contribution in [3.63, 3.8) is 0 Å². The fraction of sp³-hybridized carbons (Fsp3) is 0.877. The van der Waals surface area contributed by atoms with Crippen molar-refractivity contribution >= 4 is 13.7 Å². The Balaban J connectivity index is 4.07. The summed E-state index contributed by atoms with van der Waals surface area (Å²) in [4.78, 5) is 23.4. The van der Waals surface area contributed by atoms with Crippen molar-refractivity contribution in [2.45, 2.75) is 373 Å². The molecule has 0 spiro atoms. The maximum Gasteiger partial charge on any atom is 0.472 e. The highest BCUT2D eigenvalue weighted by Gasteiger charge is 2.28. The zero-order valence-electron chi connectivity index (χ0n) is 55.5. The second kappa shape index (κ2) is 63.9. The molecular formula is C73H142N2O6P+. The summed E-state index contributed by atoms with van der Waals surface area (Å²) >= 11 is 0. The third kappa shape index (κ3) is 66.0. The van der Waals surface area contributed by atoms with Gasteiger partial charge in [0.25, 0.3) is 0 Å². The number of likely N-dealkylation sites (N-methyl/N-ethyl adjacent to an activating group) is 1. The van der Waals surface area contributed by atoms with Crippen molar-refractivity contribution < 1.29 is 32.9 Å². The Kier molecular flexibility index (Phi) is 62.7. The molecule has 0 saturated heterocycles. The van der Waals surface area contributed by atoms with Crippen LogP contribution >= 0.6 is 7.82 Å². The van der Waals surface area contributed by atoms with Crippen molar-refractivity contribution in [2.75, 3.05) is 40.9 Å². The minimum absolute atomic E-state index is 0.0545. The van der Waals surface area contributed by atoms with Gasteiger partial charge in [-0.1, -0.05) is 332 Å². The van der Waals surface area contributed by atoms with Crippen LogP contribution in [-0.4, -0.2) is 73.4 Å². The van der Waals surface area contributed by atoms with Gasteiger partial charge in [-0.25, -0.2) is 4.57 Å². The van der Waals surface area contributed by atoms with Crippen molar-refractivity contribution in [1.29, 1.82) is 0 Å². The lowest BCUT2D eigenvalue weighted by Crippen LogP contribution is -2.45. The van der Waals surface area contributed by atoms with Crippen LogP contribution in [0, 0.1) is 0 Å². The summed E-state index contributed by atoms with van der Waals surface area (Å²) < 4.78 is 23.8. The molecule has 9 heteroatoms. The van der Waals surface area contributed by atoms with E-state index in [1.807, 2.05) is 27.2 Å². The zero-order chi connectivity index (χ0) is 59.8. The van der Waals surface area contributed by atoms with Crippen LogP contribution in [0.1, 0.15) is 361 Å². The number of aliphatic hydroxyl groups excluding tert-OH is 1. The number of phosphoric ester groups is 1. The van der Waals surface area contributed by atoms with Crippen LogP contribution in [0.25, 0.3) is 0 Å². The summed E-state index contributed by atoms with van der Waals surface area (Å²) in [6.07, 6.45) is 87.1. The Morgan fingerprint density at radius 3 is 0.976 bits per heavy atom. The first-order chi connectivity index (χ1) is 40.0. The Labute approximate surface area is 511 Å². The number of hydrogen-bond acceptors (Lipinski definition) is 5. The molecule has 0 heterocycles. The molecule has 8 nitrogen and oxygen atoms in total. The molecular weight excluding hydrogens is 1030 g/mol. The lowest BCUT2D eigenvalue weighted by molar-refractivity contribution is -0.870. The summed E-state index contributed by atoms with van der Waals surface area (Å²) in [6.45, 7) is 4.84. The average Bonchev–Trinajstić information content (AvgIpc) is 3.47. The fourth-order valence-electron chi connectivity index (χ4n) is 10.9. The van der Waals surface area contributed by atoms with E-state index in [0.717, 1.165) is 44.9 Å². The zero-order valence-corrected chi connectivity index (χ0v) is 56.4. The number of nitrogens with one attached hydrogen (secondary N) is 1. The first-order valence-electron chi connectivity index (χ1n) is 36.0. The summed E-state index contributed by atoms with van der Waals surface area (Å²) in [6, 6.07) is -0.871. The van der Waals surface area contributed by atoms with Gasteiger partial charge >= 0.3 is 7.82 Å². The standard InChI is InChI=1S/C73H141N2O6P/c1-6-8-10-12-14-16-18-20-22-24-26-28-30-32-34-35-36-37-38-39-41-43-45-47-49-51-53-55-57-59-61-63-65-67-73(77)74-71(70-81-82(78,79)80-69-68-75(3,4)5)72(76)66-64-62-60-58-56-54-52-50-48-46-44-42-40-33-31-29-27-25-23-21-19-17-15-13-11-9-7-2/h24,26,48,50,56,58,64,66,71-72,76H,6-23,25,27-47,49,51-55,57,59-63,65,67-70H2,1-5H3,(H-,74,77,78,79)/p+1/b26-24-,50-48+,58-56+,66-64+. The summed E-state index contributed by atoms with van der Waals surface area (Å²) in [7, 11) is 1.56. The molecule has 0 aromatic heterocycles. The van der Waals surface area contributed by atoms with Gasteiger partial charge in [0.15, 0.2) is 0 Å². The van der Waals surface area contributed by atoms with Crippen LogP contribution in [-0.2, 0) is 18.4 Å². The van der Waals surface area contributed by atoms with E-state index in [-0.39, 0.29) is 19.1 Å². The number of phosphoric acid groups is 1. The number of carbonyl (C=O) groups is 1. The number of unbranched alkanes of at least 4 members (excludes halogenated alkanes) is 48. The molecule has 0 aliphatic rings. The number of carbonyl (C=O) groups excluding carboxylic acids is 1. The molecule has 0 aliphatic carbocycles. The molecule has 3 atom stereocenters. The summed E-state index contributed by atoms with van der Waals surface area (Å²) in [5.41, 5.74) is 0. The molecule has 82 heavy (non-hydrogen) atoms. The van der Waals surface area contributed by atoms with Gasteiger partial charge in [-0.05, 0) is 70.6 Å². The van der Waals surface area contributed by atoms with E-state index in [0.29, 0.717) is 17.4 Å². The molecule has 0 fully saturated rings. The second-order valence-corrected chi connectivity index (χ2v) is 27.4. The Bertz CT molecular complexity index is 1480. The average molecular weight is 1170 g/mol. The van der Waals surface area contributed by atoms with Gasteiger partial charge in [0.1, 0.15) is 13.2 Å². The molecule has 484 valence electrons. The van der Waals surface area contributed by atoms with Gasteiger partial charge in [-0.3, -0.25) is 13.8 Å². The Hall–Kier alpha value is -1.54. The third-order valence-electron chi connectivity index (χ3n) is 16.5. The van der Waals surface area contributed by atoms with Crippen LogP contribution < -0.4 is 5.32 Å². The van der Waals surface area contributed by atoms with Crippen molar-refractivity contribution in [1.82, 2.24) is 5.32 Å².